The van der Waals surface area contributed by atoms with Gasteiger partial charge in [0.25, 0.3) is 5.91 Å². The first-order valence-corrected chi connectivity index (χ1v) is 18.6. The molecule has 14 nitrogen and oxygen atoms in total. The second-order valence-corrected chi connectivity index (χ2v) is 15.4. The molecule has 4 bridgehead atoms. The van der Waals surface area contributed by atoms with Gasteiger partial charge in [-0.15, -0.1) is 0 Å². The maximum Gasteiger partial charge on any atom is 0.409 e. The average molecular weight is 785 g/mol. The Kier molecular flexibility index (Phi) is 12.5. The van der Waals surface area contributed by atoms with Crippen molar-refractivity contribution in [1.82, 2.24) is 10.2 Å². The molecule has 2 saturated heterocycles. The minimum absolute atomic E-state index is 0.0457. The second kappa shape index (κ2) is 16.4. The van der Waals surface area contributed by atoms with E-state index in [0.717, 1.165) is 16.7 Å². The number of fused-ring (bicyclic) bond motifs is 5. The summed E-state index contributed by atoms with van der Waals surface area (Å²) in [5.74, 6) is -1.26. The summed E-state index contributed by atoms with van der Waals surface area (Å²) < 4.78 is 29.4. The topological polar surface area (TPSA) is 186 Å². The van der Waals surface area contributed by atoms with Crippen molar-refractivity contribution in [3.63, 3.8) is 0 Å². The Bertz CT molecular complexity index is 1860. The van der Waals surface area contributed by atoms with E-state index in [4.69, 9.17) is 41.0 Å². The summed E-state index contributed by atoms with van der Waals surface area (Å²) in [6, 6.07) is 7.51. The number of allylic oxidation sites excluding steroid dienone is 3. The van der Waals surface area contributed by atoms with E-state index in [1.807, 2.05) is 32.1 Å². The highest BCUT2D eigenvalue weighted by Crippen LogP contribution is 2.49. The molecule has 5 rings (SSSR count). The van der Waals surface area contributed by atoms with Crippen molar-refractivity contribution >= 4 is 40.9 Å². The highest BCUT2D eigenvalue weighted by atomic mass is 35.5. The van der Waals surface area contributed by atoms with E-state index in [-0.39, 0.29) is 17.9 Å². The summed E-state index contributed by atoms with van der Waals surface area (Å²) in [4.78, 5) is 43.1. The van der Waals surface area contributed by atoms with Crippen LogP contribution in [0.15, 0.2) is 54.1 Å². The van der Waals surface area contributed by atoms with Gasteiger partial charge in [-0.25, -0.2) is 9.59 Å². The third-order valence-corrected chi connectivity index (χ3v) is 11.5. The Labute approximate surface area is 327 Å². The molecule has 15 heteroatoms. The molecule has 300 valence electrons. The number of nitrogens with zero attached hydrogens (tertiary/aromatic N) is 2. The first-order chi connectivity index (χ1) is 25.8. The number of aryl methyl sites for hydroxylation is 1. The Hall–Kier alpha value is -4.34. The molecule has 2 aromatic rings. The molecule has 2 aromatic carbocycles. The molecule has 3 heterocycles. The van der Waals surface area contributed by atoms with Crippen LogP contribution in [0, 0.1) is 12.8 Å². The summed E-state index contributed by atoms with van der Waals surface area (Å²) in [5.41, 5.74) is 6.82. The number of likely N-dealkylation sites (N-methyl/N-ethyl adjacent to an activating group) is 1. The van der Waals surface area contributed by atoms with Crippen LogP contribution < -0.4 is 20.7 Å². The Morgan fingerprint density at radius 1 is 1.20 bits per heavy atom. The highest BCUT2D eigenvalue weighted by molar-refractivity contribution is 6.34. The number of alkyl carbamates (subject to hydrolysis) is 1. The predicted molar refractivity (Wildman–Crippen MR) is 207 cm³/mol. The number of aliphatic hydroxyl groups excluding tert-OH is 1. The van der Waals surface area contributed by atoms with E-state index in [1.165, 1.54) is 26.2 Å². The SMILES string of the molecule is COc1cc2cc(c1Cl)N(C)C(O)C[C@H](OC(=O)[C@H](C)N(C)C(=O)c1ccc(N)c(C)c1)[C@]1(C)O[C@H]1[C@H](C)[C@@H]1C[C@@](O)(NC(=O)O1)[C@H](OC)/C=C/C=C(\C)C2. The molecule has 5 N–H and O–H groups in total. The Morgan fingerprint density at radius 3 is 2.56 bits per heavy atom. The normalized spacial score (nSPS) is 31.7. The molecule has 0 spiro atoms. The fourth-order valence-electron chi connectivity index (χ4n) is 7.32. The van der Waals surface area contributed by atoms with Crippen LogP contribution in [-0.2, 0) is 30.2 Å². The summed E-state index contributed by atoms with van der Waals surface area (Å²) in [5, 5.41) is 26.4. The van der Waals surface area contributed by atoms with Gasteiger partial charge >= 0.3 is 12.1 Å². The highest BCUT2D eigenvalue weighted by Gasteiger charge is 2.64. The number of ether oxygens (including phenoxy) is 5. The van der Waals surface area contributed by atoms with Gasteiger partial charge in [0.2, 0.25) is 0 Å². The molecule has 2 amide bonds. The third kappa shape index (κ3) is 8.73. The van der Waals surface area contributed by atoms with Crippen LogP contribution in [0.1, 0.15) is 62.0 Å². The number of rotatable bonds is 6. The fraction of sp³-hybridized carbons (Fsp3) is 0.525. The molecule has 55 heavy (non-hydrogen) atoms. The van der Waals surface area contributed by atoms with Crippen molar-refractivity contribution in [2.24, 2.45) is 5.92 Å². The number of benzene rings is 2. The molecule has 0 saturated carbocycles. The van der Waals surface area contributed by atoms with Crippen LogP contribution >= 0.6 is 11.6 Å². The van der Waals surface area contributed by atoms with Crippen molar-refractivity contribution in [3.8, 4) is 5.75 Å². The maximum absolute atomic E-state index is 13.9. The number of halogens is 1. The number of anilines is 2. The number of hydrogen-bond donors (Lipinski definition) is 4. The lowest BCUT2D eigenvalue weighted by Gasteiger charge is -2.42. The number of nitrogens with one attached hydrogen (secondary N) is 1. The van der Waals surface area contributed by atoms with Crippen LogP contribution in [0.4, 0.5) is 16.2 Å². The number of carbonyl (C=O) groups excluding carboxylic acids is 3. The van der Waals surface area contributed by atoms with Gasteiger partial charge in [0, 0.05) is 51.2 Å². The van der Waals surface area contributed by atoms with Crippen molar-refractivity contribution in [2.45, 2.75) is 102 Å². The standard InChI is InChI=1S/C40H53ClN4O10/c1-21-11-10-12-31(52-9)40(50)20-30(53-38(49)43-40)23(3)35-39(5,55-35)32(19-33(46)45(7)28-17-25(15-21)18-29(51-8)34(28)41)54-37(48)24(4)44(6)36(47)26-13-14-27(42)22(2)16-26/h10-14,16-18,23-24,30-33,35,46,50H,15,19-20,42H2,1-9H3,(H,43,49)/b12-10+,21-11+/t23-,24+,30+,31-,32+,33?,35+,39+,40+/m1/s1. The molecule has 3 aliphatic rings. The molecule has 0 aromatic heterocycles. The van der Waals surface area contributed by atoms with E-state index in [0.29, 0.717) is 29.1 Å². The van der Waals surface area contributed by atoms with Crippen LogP contribution in [0.25, 0.3) is 0 Å². The zero-order chi connectivity index (χ0) is 40.6. The maximum atomic E-state index is 13.9. The third-order valence-electron chi connectivity index (χ3n) is 11.1. The quantitative estimate of drug-likeness (QED) is 0.183. The summed E-state index contributed by atoms with van der Waals surface area (Å²) in [7, 11) is 6.11. The Morgan fingerprint density at radius 2 is 1.91 bits per heavy atom. The number of carbonyl (C=O) groups is 3. The minimum Gasteiger partial charge on any atom is -0.495 e. The van der Waals surface area contributed by atoms with Crippen molar-refractivity contribution in [3.05, 3.63) is 75.8 Å². The van der Waals surface area contributed by atoms with E-state index < -0.39 is 71.9 Å². The number of nitrogens with two attached hydrogens (primary N) is 1. The smallest absolute Gasteiger partial charge is 0.409 e. The fourth-order valence-corrected chi connectivity index (χ4v) is 7.64. The summed E-state index contributed by atoms with van der Waals surface area (Å²) in [6.45, 7) is 8.84. The summed E-state index contributed by atoms with van der Waals surface area (Å²) >= 11 is 6.81. The van der Waals surface area contributed by atoms with Gasteiger partial charge in [0.05, 0.1) is 18.9 Å². The Balaban J connectivity index is 1.52. The largest absolute Gasteiger partial charge is 0.495 e. The van der Waals surface area contributed by atoms with E-state index in [1.54, 1.807) is 63.1 Å². The number of epoxide rings is 1. The van der Waals surface area contributed by atoms with Gasteiger partial charge in [0.1, 0.15) is 47.0 Å². The van der Waals surface area contributed by atoms with E-state index in [2.05, 4.69) is 5.32 Å². The first kappa shape index (κ1) is 41.8. The molecule has 0 aliphatic carbocycles. The predicted octanol–water partition coefficient (Wildman–Crippen LogP) is 4.51. The second-order valence-electron chi connectivity index (χ2n) is 15.1. The monoisotopic (exact) mass is 784 g/mol. The van der Waals surface area contributed by atoms with Gasteiger partial charge in [-0.2, -0.15) is 0 Å². The minimum atomic E-state index is -1.83. The number of esters is 1. The van der Waals surface area contributed by atoms with Gasteiger partial charge < -0.3 is 49.4 Å². The zero-order valence-electron chi connectivity index (χ0n) is 32.8. The molecule has 9 atom stereocenters. The van der Waals surface area contributed by atoms with Crippen molar-refractivity contribution in [2.75, 3.05) is 38.9 Å². The number of methoxy groups -OCH3 is 2. The lowest BCUT2D eigenvalue weighted by molar-refractivity contribution is -0.158. The average Bonchev–Trinajstić information content (AvgIpc) is 3.84. The van der Waals surface area contributed by atoms with Crippen LogP contribution in [0.2, 0.25) is 5.02 Å². The van der Waals surface area contributed by atoms with Crippen molar-refractivity contribution < 1.29 is 48.3 Å². The number of hydrogen-bond acceptors (Lipinski definition) is 12. The summed E-state index contributed by atoms with van der Waals surface area (Å²) in [6.07, 6.45) is -0.00493. The van der Waals surface area contributed by atoms with Gasteiger partial charge in [-0.1, -0.05) is 42.3 Å². The molecular formula is C40H53ClN4O10. The van der Waals surface area contributed by atoms with E-state index in [9.17, 15) is 24.6 Å². The number of aliphatic hydroxyl groups is 2. The van der Waals surface area contributed by atoms with E-state index >= 15 is 0 Å². The first-order valence-electron chi connectivity index (χ1n) is 18.2. The van der Waals surface area contributed by atoms with Crippen LogP contribution in [-0.4, -0.2) is 109 Å². The molecular weight excluding hydrogens is 732 g/mol. The molecule has 3 aliphatic heterocycles. The zero-order valence-corrected chi connectivity index (χ0v) is 33.5. The van der Waals surface area contributed by atoms with Crippen LogP contribution in [0.3, 0.4) is 0 Å². The number of amides is 2. The lowest BCUT2D eigenvalue weighted by atomic mass is 9.83. The lowest BCUT2D eigenvalue weighted by Crippen LogP contribution is -2.63. The van der Waals surface area contributed by atoms with Crippen LogP contribution in [0.5, 0.6) is 5.75 Å². The molecule has 0 radical (unpaired) electrons. The van der Waals surface area contributed by atoms with Gasteiger partial charge in [0.15, 0.2) is 5.72 Å². The van der Waals surface area contributed by atoms with Gasteiger partial charge in [-0.3, -0.25) is 10.1 Å². The van der Waals surface area contributed by atoms with Gasteiger partial charge in [-0.05, 0) is 75.6 Å². The molecule has 1 unspecified atom stereocenters. The van der Waals surface area contributed by atoms with Crippen molar-refractivity contribution in [1.29, 1.82) is 0 Å². The number of nitrogen functional groups attached to an aromatic ring is 1. The molecule has 2 fully saturated rings.